The Hall–Kier alpha value is -0.180. The van der Waals surface area contributed by atoms with Gasteiger partial charge in [-0.3, -0.25) is 0 Å². The highest BCUT2D eigenvalue weighted by molar-refractivity contribution is 7.95. The van der Waals surface area contributed by atoms with Crippen LogP contribution in [0.5, 0.6) is 0 Å². The molecule has 0 aliphatic carbocycles. The number of nitrogens with one attached hydrogen (secondary N) is 1. The predicted octanol–water partition coefficient (Wildman–Crippen LogP) is -1.20. The molecule has 2 saturated heterocycles. The van der Waals surface area contributed by atoms with Gasteiger partial charge in [-0.05, 0) is 13.3 Å². The molecule has 2 fully saturated rings. The van der Waals surface area contributed by atoms with E-state index in [9.17, 15) is 16.8 Å². The van der Waals surface area contributed by atoms with Crippen molar-refractivity contribution in [1.82, 2.24) is 9.62 Å². The second-order valence-corrected chi connectivity index (χ2v) is 9.22. The SMILES string of the molecule is CC1CN(S(=O)(=O)C2CCS(=O)(=O)C2)CCN1. The number of sulfonamides is 1. The van der Waals surface area contributed by atoms with E-state index in [0.29, 0.717) is 19.6 Å². The summed E-state index contributed by atoms with van der Waals surface area (Å²) in [6.07, 6.45) is 0.239. The van der Waals surface area contributed by atoms with E-state index in [-0.39, 0.29) is 24.0 Å². The molecular weight excluding hydrogens is 264 g/mol. The molecule has 0 amide bonds. The van der Waals surface area contributed by atoms with E-state index in [1.54, 1.807) is 0 Å². The van der Waals surface area contributed by atoms with Crippen LogP contribution in [0.15, 0.2) is 0 Å². The van der Waals surface area contributed by atoms with Gasteiger partial charge in [0.05, 0.1) is 16.8 Å². The highest BCUT2D eigenvalue weighted by Crippen LogP contribution is 2.22. The molecule has 1 N–H and O–H groups in total. The van der Waals surface area contributed by atoms with Crippen LogP contribution in [0, 0.1) is 0 Å². The fourth-order valence-corrected chi connectivity index (χ4v) is 6.95. The van der Waals surface area contributed by atoms with Gasteiger partial charge >= 0.3 is 0 Å². The summed E-state index contributed by atoms with van der Waals surface area (Å²) in [7, 11) is -6.60. The Balaban J connectivity index is 2.14. The second kappa shape index (κ2) is 4.49. The molecule has 0 aromatic heterocycles. The molecule has 0 radical (unpaired) electrons. The summed E-state index contributed by atoms with van der Waals surface area (Å²) in [5.41, 5.74) is 0. The summed E-state index contributed by atoms with van der Waals surface area (Å²) < 4.78 is 48.6. The van der Waals surface area contributed by atoms with Crippen LogP contribution in [0.25, 0.3) is 0 Å². The van der Waals surface area contributed by atoms with Gasteiger partial charge in [-0.1, -0.05) is 0 Å². The van der Waals surface area contributed by atoms with Crippen LogP contribution in [-0.4, -0.2) is 63.6 Å². The molecule has 100 valence electrons. The summed E-state index contributed by atoms with van der Waals surface area (Å²) in [5.74, 6) is -0.216. The summed E-state index contributed by atoms with van der Waals surface area (Å²) >= 11 is 0. The third-order valence-corrected chi connectivity index (χ3v) is 7.58. The Morgan fingerprint density at radius 1 is 1.35 bits per heavy atom. The fourth-order valence-electron chi connectivity index (χ4n) is 2.33. The van der Waals surface area contributed by atoms with E-state index < -0.39 is 25.1 Å². The van der Waals surface area contributed by atoms with Crippen LogP contribution in [0.4, 0.5) is 0 Å². The maximum atomic E-state index is 12.3. The van der Waals surface area contributed by atoms with E-state index in [1.807, 2.05) is 6.92 Å². The Bertz CT molecular complexity index is 485. The lowest BCUT2D eigenvalue weighted by atomic mass is 10.3. The zero-order valence-corrected chi connectivity index (χ0v) is 11.4. The molecule has 2 rings (SSSR count). The minimum Gasteiger partial charge on any atom is -0.312 e. The van der Waals surface area contributed by atoms with Crippen molar-refractivity contribution in [3.63, 3.8) is 0 Å². The molecule has 2 unspecified atom stereocenters. The molecule has 6 nitrogen and oxygen atoms in total. The number of rotatable bonds is 2. The molecule has 2 heterocycles. The lowest BCUT2D eigenvalue weighted by molar-refractivity contribution is 0.307. The Morgan fingerprint density at radius 2 is 2.06 bits per heavy atom. The molecule has 0 saturated carbocycles. The van der Waals surface area contributed by atoms with E-state index >= 15 is 0 Å². The number of hydrogen-bond donors (Lipinski definition) is 1. The average molecular weight is 282 g/mol. The lowest BCUT2D eigenvalue weighted by Crippen LogP contribution is -2.53. The largest absolute Gasteiger partial charge is 0.312 e. The Labute approximate surface area is 102 Å². The van der Waals surface area contributed by atoms with Crippen molar-refractivity contribution in [1.29, 1.82) is 0 Å². The van der Waals surface area contributed by atoms with E-state index in [1.165, 1.54) is 4.31 Å². The highest BCUT2D eigenvalue weighted by atomic mass is 32.2. The molecule has 17 heavy (non-hydrogen) atoms. The quantitative estimate of drug-likeness (QED) is 0.687. The number of piperazine rings is 1. The van der Waals surface area contributed by atoms with E-state index in [4.69, 9.17) is 0 Å². The summed E-state index contributed by atoms with van der Waals surface area (Å²) in [6, 6.07) is 0.122. The topological polar surface area (TPSA) is 83.6 Å². The normalized spacial score (nSPS) is 34.9. The van der Waals surface area contributed by atoms with Crippen molar-refractivity contribution < 1.29 is 16.8 Å². The van der Waals surface area contributed by atoms with Crippen molar-refractivity contribution in [3.8, 4) is 0 Å². The van der Waals surface area contributed by atoms with Gasteiger partial charge in [0.1, 0.15) is 0 Å². The van der Waals surface area contributed by atoms with Crippen molar-refractivity contribution in [3.05, 3.63) is 0 Å². The molecule has 0 aromatic carbocycles. The van der Waals surface area contributed by atoms with Gasteiger partial charge in [0.15, 0.2) is 9.84 Å². The first-order chi connectivity index (χ1) is 7.81. The van der Waals surface area contributed by atoms with Crippen LogP contribution in [-0.2, 0) is 19.9 Å². The van der Waals surface area contributed by atoms with Gasteiger partial charge in [0.25, 0.3) is 0 Å². The average Bonchev–Trinajstić information content (AvgIpc) is 2.59. The third-order valence-electron chi connectivity index (χ3n) is 3.30. The Kier molecular flexibility index (Phi) is 3.50. The van der Waals surface area contributed by atoms with Gasteiger partial charge in [-0.15, -0.1) is 0 Å². The van der Waals surface area contributed by atoms with Gasteiger partial charge in [0.2, 0.25) is 10.0 Å². The van der Waals surface area contributed by atoms with Gasteiger partial charge in [-0.25, -0.2) is 16.8 Å². The number of sulfone groups is 1. The molecule has 0 spiro atoms. The predicted molar refractivity (Wildman–Crippen MR) is 65.0 cm³/mol. The number of nitrogens with zero attached hydrogens (tertiary/aromatic N) is 1. The van der Waals surface area contributed by atoms with Crippen LogP contribution in [0.1, 0.15) is 13.3 Å². The lowest BCUT2D eigenvalue weighted by Gasteiger charge is -2.32. The van der Waals surface area contributed by atoms with Crippen LogP contribution >= 0.6 is 0 Å². The maximum absolute atomic E-state index is 12.3. The van der Waals surface area contributed by atoms with Crippen molar-refractivity contribution in [2.45, 2.75) is 24.6 Å². The standard InChI is InChI=1S/C9H18N2O4S2/c1-8-6-11(4-3-10-8)17(14,15)9-2-5-16(12,13)7-9/h8-10H,2-7H2,1H3. The van der Waals surface area contributed by atoms with Crippen LogP contribution in [0.3, 0.4) is 0 Å². The van der Waals surface area contributed by atoms with Crippen molar-refractivity contribution in [2.24, 2.45) is 0 Å². The molecule has 2 aliphatic rings. The second-order valence-electron chi connectivity index (χ2n) is 4.78. The zero-order valence-electron chi connectivity index (χ0n) is 9.79. The zero-order chi connectivity index (χ0) is 12.7. The summed E-state index contributed by atoms with van der Waals surface area (Å²) in [4.78, 5) is 0. The highest BCUT2D eigenvalue weighted by Gasteiger charge is 2.41. The minimum absolute atomic E-state index is 0.00145. The minimum atomic E-state index is -3.45. The monoisotopic (exact) mass is 282 g/mol. The van der Waals surface area contributed by atoms with Crippen molar-refractivity contribution >= 4 is 19.9 Å². The molecule has 0 aromatic rings. The molecule has 2 aliphatic heterocycles. The van der Waals surface area contributed by atoms with Crippen LogP contribution < -0.4 is 5.32 Å². The molecule has 8 heteroatoms. The first kappa shape index (κ1) is 13.3. The Morgan fingerprint density at radius 3 is 2.59 bits per heavy atom. The van der Waals surface area contributed by atoms with E-state index in [2.05, 4.69) is 5.32 Å². The first-order valence-electron chi connectivity index (χ1n) is 5.74. The van der Waals surface area contributed by atoms with Crippen molar-refractivity contribution in [2.75, 3.05) is 31.1 Å². The third kappa shape index (κ3) is 2.81. The molecule has 0 bridgehead atoms. The van der Waals surface area contributed by atoms with Crippen LogP contribution in [0.2, 0.25) is 0 Å². The summed E-state index contributed by atoms with van der Waals surface area (Å²) in [6.45, 7) is 3.41. The molecule has 2 atom stereocenters. The smallest absolute Gasteiger partial charge is 0.218 e. The fraction of sp³-hybridized carbons (Fsp3) is 1.00. The first-order valence-corrected chi connectivity index (χ1v) is 9.06. The summed E-state index contributed by atoms with van der Waals surface area (Å²) in [5, 5.41) is 2.43. The van der Waals surface area contributed by atoms with Gasteiger partial charge in [0, 0.05) is 25.7 Å². The number of hydrogen-bond acceptors (Lipinski definition) is 5. The van der Waals surface area contributed by atoms with Gasteiger partial charge < -0.3 is 5.32 Å². The van der Waals surface area contributed by atoms with Gasteiger partial charge in [-0.2, -0.15) is 4.31 Å². The maximum Gasteiger partial charge on any atom is 0.218 e. The molecular formula is C9H18N2O4S2. The van der Waals surface area contributed by atoms with E-state index in [0.717, 1.165) is 0 Å².